The molecule has 0 spiro atoms. The summed E-state index contributed by atoms with van der Waals surface area (Å²) in [4.78, 5) is 19.6. The fourth-order valence-electron chi connectivity index (χ4n) is 2.49. The molecule has 4 aromatic rings. The molecule has 128 valence electrons. The number of benzene rings is 1. The topological polar surface area (TPSA) is 64.2 Å². The summed E-state index contributed by atoms with van der Waals surface area (Å²) in [6, 6.07) is 11.9. The van der Waals surface area contributed by atoms with Gasteiger partial charge in [-0.05, 0) is 37.6 Å². The molecule has 0 aliphatic rings. The van der Waals surface area contributed by atoms with E-state index in [-0.39, 0.29) is 6.04 Å². The van der Waals surface area contributed by atoms with Crippen LogP contribution in [0, 0.1) is 0 Å². The van der Waals surface area contributed by atoms with E-state index in [1.165, 1.54) is 16.0 Å². The highest BCUT2D eigenvalue weighted by molar-refractivity contribution is 7.18. The van der Waals surface area contributed by atoms with Crippen LogP contribution in [-0.4, -0.2) is 26.7 Å². The Labute approximate surface area is 152 Å². The molecule has 0 bridgehead atoms. The Morgan fingerprint density at radius 3 is 2.88 bits per heavy atom. The first-order valence-corrected chi connectivity index (χ1v) is 9.49. The third kappa shape index (κ3) is 3.15. The van der Waals surface area contributed by atoms with Crippen LogP contribution in [0.3, 0.4) is 0 Å². The van der Waals surface area contributed by atoms with Gasteiger partial charge in [-0.15, -0.1) is 27.8 Å². The zero-order chi connectivity index (χ0) is 17.4. The molecule has 0 N–H and O–H groups in total. The molecule has 0 unspecified atom stereocenters. The van der Waals surface area contributed by atoms with Crippen LogP contribution in [0.25, 0.3) is 21.0 Å². The number of para-hydroxylation sites is 1. The minimum Gasteiger partial charge on any atom is -0.387 e. The number of rotatable bonds is 5. The van der Waals surface area contributed by atoms with Gasteiger partial charge in [0.1, 0.15) is 11.7 Å². The highest BCUT2D eigenvalue weighted by Gasteiger charge is 2.19. The smallest absolute Gasteiger partial charge is 0.387 e. The Morgan fingerprint density at radius 1 is 1.28 bits per heavy atom. The van der Waals surface area contributed by atoms with E-state index < -0.39 is 5.76 Å². The molecule has 25 heavy (non-hydrogen) atoms. The summed E-state index contributed by atoms with van der Waals surface area (Å²) in [5.74, 6) is -0.0900. The third-order valence-corrected chi connectivity index (χ3v) is 6.09. The normalized spacial score (nSPS) is 12.9. The number of aromatic nitrogens is 3. The summed E-state index contributed by atoms with van der Waals surface area (Å²) in [5.41, 5.74) is 1.00. The fraction of sp³-hybridized carbons (Fsp3) is 0.235. The van der Waals surface area contributed by atoms with Crippen molar-refractivity contribution in [1.29, 1.82) is 0 Å². The van der Waals surface area contributed by atoms with Crippen molar-refractivity contribution < 1.29 is 4.42 Å². The number of nitrogens with zero attached hydrogens (tertiary/aromatic N) is 4. The van der Waals surface area contributed by atoms with E-state index in [2.05, 4.69) is 18.1 Å². The maximum atomic E-state index is 12.1. The molecule has 0 fully saturated rings. The Hall–Kier alpha value is -2.29. The highest BCUT2D eigenvalue weighted by atomic mass is 32.1. The number of thiophene rings is 1. The van der Waals surface area contributed by atoms with Gasteiger partial charge in [0.25, 0.3) is 5.89 Å². The van der Waals surface area contributed by atoms with E-state index >= 15 is 0 Å². The molecule has 1 aromatic carbocycles. The number of hydrogen-bond acceptors (Lipinski definition) is 7. The Balaban J connectivity index is 1.55. The molecule has 0 radical (unpaired) electrons. The summed E-state index contributed by atoms with van der Waals surface area (Å²) < 4.78 is 7.77. The quantitative estimate of drug-likeness (QED) is 0.533. The van der Waals surface area contributed by atoms with E-state index in [0.29, 0.717) is 12.6 Å². The van der Waals surface area contributed by atoms with Crippen molar-refractivity contribution in [2.75, 3.05) is 7.05 Å². The van der Waals surface area contributed by atoms with E-state index in [1.54, 1.807) is 11.3 Å². The van der Waals surface area contributed by atoms with Crippen molar-refractivity contribution in [3.63, 3.8) is 0 Å². The van der Waals surface area contributed by atoms with Crippen LogP contribution >= 0.6 is 22.7 Å². The lowest BCUT2D eigenvalue weighted by Crippen LogP contribution is -2.30. The lowest BCUT2D eigenvalue weighted by molar-refractivity contribution is 0.189. The Kier molecular flexibility index (Phi) is 4.24. The Morgan fingerprint density at radius 2 is 2.12 bits per heavy atom. The van der Waals surface area contributed by atoms with Crippen molar-refractivity contribution in [3.05, 3.63) is 57.3 Å². The van der Waals surface area contributed by atoms with Crippen molar-refractivity contribution in [3.8, 4) is 10.8 Å². The molecule has 3 heterocycles. The van der Waals surface area contributed by atoms with Crippen molar-refractivity contribution in [1.82, 2.24) is 19.7 Å². The molecule has 3 aromatic heterocycles. The van der Waals surface area contributed by atoms with Gasteiger partial charge in [0.15, 0.2) is 0 Å². The summed E-state index contributed by atoms with van der Waals surface area (Å²) in [6.07, 6.45) is 0. The predicted molar refractivity (Wildman–Crippen MR) is 99.9 cm³/mol. The highest BCUT2D eigenvalue weighted by Crippen LogP contribution is 2.29. The first-order valence-electron chi connectivity index (χ1n) is 7.79. The first kappa shape index (κ1) is 16.2. The zero-order valence-electron chi connectivity index (χ0n) is 13.7. The fourth-order valence-corrected chi connectivity index (χ4v) is 4.22. The largest absolute Gasteiger partial charge is 0.438 e. The molecule has 6 nitrogen and oxygen atoms in total. The minimum absolute atomic E-state index is 0.0613. The lowest BCUT2D eigenvalue weighted by atomic mass is 10.3. The van der Waals surface area contributed by atoms with Crippen molar-refractivity contribution >= 4 is 32.9 Å². The van der Waals surface area contributed by atoms with Crippen molar-refractivity contribution in [2.45, 2.75) is 19.6 Å². The second kappa shape index (κ2) is 6.55. The van der Waals surface area contributed by atoms with Gasteiger partial charge in [-0.3, -0.25) is 4.90 Å². The second-order valence-electron chi connectivity index (χ2n) is 5.74. The molecule has 8 heteroatoms. The van der Waals surface area contributed by atoms with Gasteiger partial charge in [-0.1, -0.05) is 18.2 Å². The Bertz CT molecular complexity index is 1020. The summed E-state index contributed by atoms with van der Waals surface area (Å²) >= 11 is 3.16. The van der Waals surface area contributed by atoms with Crippen LogP contribution in [0.2, 0.25) is 0 Å². The van der Waals surface area contributed by atoms with Gasteiger partial charge in [0, 0.05) is 0 Å². The average molecular weight is 372 g/mol. The van der Waals surface area contributed by atoms with Gasteiger partial charge >= 0.3 is 5.76 Å². The molecular weight excluding hydrogens is 356 g/mol. The van der Waals surface area contributed by atoms with E-state index in [9.17, 15) is 4.79 Å². The van der Waals surface area contributed by atoms with Crippen LogP contribution in [-0.2, 0) is 6.67 Å². The molecule has 0 saturated carbocycles. The van der Waals surface area contributed by atoms with Crippen LogP contribution in [0.5, 0.6) is 0 Å². The predicted octanol–water partition coefficient (Wildman–Crippen LogP) is 3.83. The second-order valence-corrected chi connectivity index (χ2v) is 7.75. The number of hydrogen-bond donors (Lipinski definition) is 0. The molecule has 4 rings (SSSR count). The van der Waals surface area contributed by atoms with Crippen LogP contribution in [0.15, 0.2) is 51.0 Å². The lowest BCUT2D eigenvalue weighted by Gasteiger charge is -2.21. The summed E-state index contributed by atoms with van der Waals surface area (Å²) in [7, 11) is 1.95. The monoisotopic (exact) mass is 372 g/mol. The van der Waals surface area contributed by atoms with Gasteiger partial charge in [-0.2, -0.15) is 4.68 Å². The maximum Gasteiger partial charge on any atom is 0.438 e. The van der Waals surface area contributed by atoms with Crippen LogP contribution in [0.4, 0.5) is 0 Å². The summed E-state index contributed by atoms with van der Waals surface area (Å²) in [5, 5.41) is 7.24. The van der Waals surface area contributed by atoms with Gasteiger partial charge in [0.2, 0.25) is 0 Å². The first-order chi connectivity index (χ1) is 12.1. The molecule has 0 aliphatic heterocycles. The van der Waals surface area contributed by atoms with Gasteiger partial charge < -0.3 is 4.42 Å². The van der Waals surface area contributed by atoms with Crippen LogP contribution in [0.1, 0.15) is 18.0 Å². The third-order valence-electron chi connectivity index (χ3n) is 4.02. The zero-order valence-corrected chi connectivity index (χ0v) is 15.4. The summed E-state index contributed by atoms with van der Waals surface area (Å²) in [6.45, 7) is 2.41. The van der Waals surface area contributed by atoms with E-state index in [4.69, 9.17) is 9.40 Å². The molecule has 1 atom stereocenters. The van der Waals surface area contributed by atoms with E-state index in [0.717, 1.165) is 20.1 Å². The van der Waals surface area contributed by atoms with Gasteiger partial charge in [0.05, 0.1) is 21.1 Å². The molecule has 0 aliphatic carbocycles. The molecule has 0 amide bonds. The SMILES string of the molecule is C[C@H](c1nc2ccccc2s1)N(C)Cn1nc(-c2cccs2)oc1=O. The van der Waals surface area contributed by atoms with Crippen molar-refractivity contribution in [2.24, 2.45) is 0 Å². The minimum atomic E-state index is -0.452. The molecule has 0 saturated heterocycles. The average Bonchev–Trinajstić information content (AvgIpc) is 3.33. The van der Waals surface area contributed by atoms with E-state index in [1.807, 2.05) is 47.7 Å². The maximum absolute atomic E-state index is 12.1. The van der Waals surface area contributed by atoms with Crippen LogP contribution < -0.4 is 5.76 Å². The number of fused-ring (bicyclic) bond motifs is 1. The van der Waals surface area contributed by atoms with Gasteiger partial charge in [-0.25, -0.2) is 9.78 Å². The number of thiazole rings is 1. The standard InChI is InChI=1S/C17H16N4O2S2/c1-11(16-18-12-6-3-4-7-13(12)25-16)20(2)10-21-17(22)23-15(19-21)14-8-5-9-24-14/h3-9,11H,10H2,1-2H3/t11-/m1/s1. The molecular formula is C17H16N4O2S2.